The highest BCUT2D eigenvalue weighted by Crippen LogP contribution is 2.31. The molecule has 16 nitrogen and oxygen atoms in total. The summed E-state index contributed by atoms with van der Waals surface area (Å²) < 4.78 is 101. The van der Waals surface area contributed by atoms with Crippen molar-refractivity contribution in [1.82, 2.24) is 0 Å². The standard InChI is InChI=1S/C38H27N5O11S3/c44-37-31-16-14-29(39-26-4-2-1-3-5-26)18-24(31)20-33(56(49,50)51)35(37)42-40-27-10-6-22(7-11-27)23-8-12-28(13-9-23)41-43-36-34(57(52,53)54)21-25-19-30(55(46,47)48)15-17-32(25)38(36)45/h1-21,39-41H,(H,46,47,48)(H,49,50,51)(H,52,53,54)/b42-35+,43-36+. The second-order valence-electron chi connectivity index (χ2n) is 12.4. The molecule has 5 aromatic rings. The van der Waals surface area contributed by atoms with Gasteiger partial charge >= 0.3 is 0 Å². The molecule has 288 valence electrons. The van der Waals surface area contributed by atoms with Gasteiger partial charge in [0.05, 0.1) is 16.3 Å². The van der Waals surface area contributed by atoms with Crippen LogP contribution in [0.1, 0.15) is 31.8 Å². The highest BCUT2D eigenvalue weighted by Gasteiger charge is 2.34. The Labute approximate surface area is 325 Å². The van der Waals surface area contributed by atoms with E-state index in [4.69, 9.17) is 0 Å². The molecule has 5 aromatic carbocycles. The van der Waals surface area contributed by atoms with E-state index in [9.17, 15) is 48.5 Å². The number of hydrazone groups is 2. The van der Waals surface area contributed by atoms with E-state index in [1.807, 2.05) is 30.3 Å². The fourth-order valence-corrected chi connectivity index (χ4v) is 7.73. The first-order chi connectivity index (χ1) is 27.0. The smallest absolute Gasteiger partial charge is 0.296 e. The maximum atomic E-state index is 13.4. The molecule has 0 atom stereocenters. The van der Waals surface area contributed by atoms with Crippen LogP contribution >= 0.6 is 0 Å². The third-order valence-electron chi connectivity index (χ3n) is 8.65. The summed E-state index contributed by atoms with van der Waals surface area (Å²) in [5.74, 6) is -1.65. The minimum Gasteiger partial charge on any atom is -0.356 e. The first-order valence-corrected chi connectivity index (χ1v) is 20.7. The molecule has 0 aromatic heterocycles. The molecule has 0 saturated heterocycles. The molecule has 6 N–H and O–H groups in total. The van der Waals surface area contributed by atoms with E-state index in [2.05, 4.69) is 26.4 Å². The van der Waals surface area contributed by atoms with Gasteiger partial charge in [-0.1, -0.05) is 42.5 Å². The maximum absolute atomic E-state index is 13.4. The SMILES string of the molecule is O=C1/C(=N/Nc2ccc(-c3ccc(N/N=C4/C(=O)c5ccc(S(=O)(=O)O)cc5C=C4S(=O)(=O)O)cc3)cc2)C(S(=O)(=O)O)=Cc2cc(Nc3ccccc3)ccc21. The molecule has 19 heteroatoms. The van der Waals surface area contributed by atoms with Gasteiger partial charge in [-0.25, -0.2) is 0 Å². The van der Waals surface area contributed by atoms with Crippen LogP contribution in [0.15, 0.2) is 140 Å². The Morgan fingerprint density at radius 1 is 0.456 bits per heavy atom. The Balaban J connectivity index is 1.06. The predicted molar refractivity (Wildman–Crippen MR) is 214 cm³/mol. The van der Waals surface area contributed by atoms with Crippen molar-refractivity contribution in [2.45, 2.75) is 4.90 Å². The van der Waals surface area contributed by atoms with Gasteiger partial charge in [0.25, 0.3) is 30.4 Å². The van der Waals surface area contributed by atoms with Crippen LogP contribution in [-0.4, -0.2) is 61.9 Å². The molecule has 0 fully saturated rings. The van der Waals surface area contributed by atoms with Gasteiger partial charge in [-0.2, -0.15) is 35.5 Å². The summed E-state index contributed by atoms with van der Waals surface area (Å²) in [6.45, 7) is 0. The Hall–Kier alpha value is -6.61. The molecule has 0 amide bonds. The van der Waals surface area contributed by atoms with Gasteiger partial charge in [0.1, 0.15) is 9.81 Å². The Kier molecular flexibility index (Phi) is 10.0. The molecule has 0 radical (unpaired) electrons. The lowest BCUT2D eigenvalue weighted by atomic mass is 9.94. The maximum Gasteiger partial charge on any atom is 0.296 e. The van der Waals surface area contributed by atoms with Gasteiger partial charge in [0.15, 0.2) is 11.4 Å². The van der Waals surface area contributed by atoms with E-state index >= 15 is 0 Å². The van der Waals surface area contributed by atoms with Crippen molar-refractivity contribution in [3.05, 3.63) is 147 Å². The van der Waals surface area contributed by atoms with Crippen LogP contribution in [-0.2, 0) is 30.4 Å². The average Bonchev–Trinajstić information content (AvgIpc) is 3.16. The lowest BCUT2D eigenvalue weighted by molar-refractivity contribution is 0.105. The number of hydrogen-bond acceptors (Lipinski definition) is 13. The first-order valence-electron chi connectivity index (χ1n) is 16.4. The summed E-state index contributed by atoms with van der Waals surface area (Å²) in [6, 6.07) is 30.1. The number of rotatable bonds is 10. The Morgan fingerprint density at radius 3 is 1.35 bits per heavy atom. The number of carbonyl (C=O) groups excluding carboxylic acids is 2. The largest absolute Gasteiger partial charge is 0.356 e. The van der Waals surface area contributed by atoms with Gasteiger partial charge in [-0.15, -0.1) is 0 Å². The van der Waals surface area contributed by atoms with E-state index in [0.717, 1.165) is 30.0 Å². The summed E-state index contributed by atoms with van der Waals surface area (Å²) >= 11 is 0. The number of para-hydroxylation sites is 1. The zero-order valence-electron chi connectivity index (χ0n) is 28.9. The minimum absolute atomic E-state index is 0.118. The van der Waals surface area contributed by atoms with Crippen LogP contribution < -0.4 is 16.2 Å². The second-order valence-corrected chi connectivity index (χ2v) is 16.6. The van der Waals surface area contributed by atoms with Crippen LogP contribution in [0.5, 0.6) is 0 Å². The number of allylic oxidation sites excluding steroid dienone is 2. The van der Waals surface area contributed by atoms with Crippen molar-refractivity contribution in [3.8, 4) is 11.1 Å². The number of nitrogens with one attached hydrogen (secondary N) is 3. The van der Waals surface area contributed by atoms with Gasteiger partial charge in [0, 0.05) is 22.5 Å². The highest BCUT2D eigenvalue weighted by molar-refractivity contribution is 7.91. The van der Waals surface area contributed by atoms with Crippen molar-refractivity contribution >= 4 is 88.2 Å². The molecule has 0 heterocycles. The Morgan fingerprint density at radius 2 is 0.895 bits per heavy atom. The van der Waals surface area contributed by atoms with E-state index in [1.165, 1.54) is 12.1 Å². The zero-order chi connectivity index (χ0) is 40.7. The van der Waals surface area contributed by atoms with Crippen molar-refractivity contribution in [3.63, 3.8) is 0 Å². The summed E-state index contributed by atoms with van der Waals surface area (Å²) in [4.78, 5) is 24.5. The van der Waals surface area contributed by atoms with E-state index in [1.54, 1.807) is 60.7 Å². The van der Waals surface area contributed by atoms with E-state index in [0.29, 0.717) is 28.2 Å². The van der Waals surface area contributed by atoms with Gasteiger partial charge in [-0.05, 0) is 107 Å². The number of hydrogen-bond donors (Lipinski definition) is 6. The number of anilines is 4. The monoisotopic (exact) mass is 825 g/mol. The number of nitrogens with zero attached hydrogens (tertiary/aromatic N) is 2. The molecule has 0 unspecified atom stereocenters. The summed E-state index contributed by atoms with van der Waals surface area (Å²) in [5.41, 5.74) is 7.75. The summed E-state index contributed by atoms with van der Waals surface area (Å²) in [7, 11) is -14.5. The number of Topliss-reactive ketones (excluding diaryl/α,β-unsaturated/α-hetero) is 2. The number of fused-ring (bicyclic) bond motifs is 2. The molecule has 0 spiro atoms. The van der Waals surface area contributed by atoms with Crippen LogP contribution in [0.4, 0.5) is 22.7 Å². The lowest BCUT2D eigenvalue weighted by Crippen LogP contribution is -2.27. The molecular weight excluding hydrogens is 799 g/mol. The van der Waals surface area contributed by atoms with Crippen molar-refractivity contribution < 1.29 is 48.5 Å². The van der Waals surface area contributed by atoms with Crippen LogP contribution in [0.2, 0.25) is 0 Å². The van der Waals surface area contributed by atoms with Crippen LogP contribution in [0, 0.1) is 0 Å². The third-order valence-corrected chi connectivity index (χ3v) is 11.2. The summed E-state index contributed by atoms with van der Waals surface area (Å²) in [6.07, 6.45) is 2.04. The predicted octanol–water partition coefficient (Wildman–Crippen LogP) is 6.13. The highest BCUT2D eigenvalue weighted by atomic mass is 32.2. The van der Waals surface area contributed by atoms with Gasteiger partial charge in [0.2, 0.25) is 11.6 Å². The van der Waals surface area contributed by atoms with Crippen LogP contribution in [0.3, 0.4) is 0 Å². The van der Waals surface area contributed by atoms with E-state index < -0.39 is 68.0 Å². The molecule has 57 heavy (non-hydrogen) atoms. The number of carbonyl (C=O) groups is 2. The quantitative estimate of drug-likeness (QED) is 0.0684. The van der Waals surface area contributed by atoms with Gasteiger partial charge in [-0.3, -0.25) is 34.1 Å². The molecule has 7 rings (SSSR count). The van der Waals surface area contributed by atoms with Gasteiger partial charge < -0.3 is 5.32 Å². The lowest BCUT2D eigenvalue weighted by Gasteiger charge is -2.17. The minimum atomic E-state index is -5.01. The number of benzene rings is 5. The topological polar surface area (TPSA) is 258 Å². The normalized spacial score (nSPS) is 15.7. The number of ketones is 2. The fraction of sp³-hybridized carbons (Fsp3) is 0. The van der Waals surface area contributed by atoms with Crippen molar-refractivity contribution in [2.24, 2.45) is 10.2 Å². The fourth-order valence-electron chi connectivity index (χ4n) is 5.90. The molecule has 0 aliphatic heterocycles. The second kappa shape index (κ2) is 14.8. The molecule has 0 bridgehead atoms. The molecular formula is C38H27N5O11S3. The summed E-state index contributed by atoms with van der Waals surface area (Å²) in [5, 5.41) is 11.1. The molecule has 2 aliphatic rings. The molecule has 0 saturated carbocycles. The van der Waals surface area contributed by atoms with Crippen LogP contribution in [0.25, 0.3) is 23.3 Å². The third kappa shape index (κ3) is 8.33. The zero-order valence-corrected chi connectivity index (χ0v) is 31.3. The van der Waals surface area contributed by atoms with Crippen molar-refractivity contribution in [1.29, 1.82) is 0 Å². The van der Waals surface area contributed by atoms with Crippen molar-refractivity contribution in [2.75, 3.05) is 16.2 Å². The van der Waals surface area contributed by atoms with E-state index in [-0.39, 0.29) is 22.3 Å². The molecule has 2 aliphatic carbocycles. The Bertz CT molecular complexity index is 2960. The first kappa shape index (κ1) is 38.7. The average molecular weight is 826 g/mol.